The average Bonchev–Trinajstić information content (AvgIpc) is 3.13. The summed E-state index contributed by atoms with van der Waals surface area (Å²) in [5.41, 5.74) is 3.35. The van der Waals surface area contributed by atoms with Crippen LogP contribution in [0, 0.1) is 0 Å². The van der Waals surface area contributed by atoms with Gasteiger partial charge in [0.1, 0.15) is 0 Å². The predicted octanol–water partition coefficient (Wildman–Crippen LogP) is 3.49. The van der Waals surface area contributed by atoms with Crippen LogP contribution in [0.3, 0.4) is 0 Å². The van der Waals surface area contributed by atoms with E-state index < -0.39 is 0 Å². The summed E-state index contributed by atoms with van der Waals surface area (Å²) in [5, 5.41) is 8.43. The van der Waals surface area contributed by atoms with Crippen molar-refractivity contribution in [1.29, 1.82) is 0 Å². The van der Waals surface area contributed by atoms with Crippen LogP contribution in [0.25, 0.3) is 11.1 Å². The first-order valence-electron chi connectivity index (χ1n) is 7.65. The van der Waals surface area contributed by atoms with Gasteiger partial charge in [-0.1, -0.05) is 30.3 Å². The Kier molecular flexibility index (Phi) is 5.30. The minimum absolute atomic E-state index is 0.0787. The van der Waals surface area contributed by atoms with Gasteiger partial charge in [-0.05, 0) is 29.7 Å². The lowest BCUT2D eigenvalue weighted by Gasteiger charge is -2.14. The molecule has 6 heteroatoms. The number of nitrogens with zero attached hydrogens (tertiary/aromatic N) is 2. The number of anilines is 1. The van der Waals surface area contributed by atoms with Crippen molar-refractivity contribution in [3.63, 3.8) is 0 Å². The lowest BCUT2D eigenvalue weighted by Crippen LogP contribution is -2.30. The highest BCUT2D eigenvalue weighted by Gasteiger charge is 2.09. The van der Waals surface area contributed by atoms with Crippen LogP contribution < -0.4 is 10.6 Å². The molecule has 3 aromatic rings. The maximum absolute atomic E-state index is 11.9. The number of thiazole rings is 1. The first-order chi connectivity index (χ1) is 11.7. The smallest absolute Gasteiger partial charge is 0.240 e. The number of pyridine rings is 1. The zero-order valence-electron chi connectivity index (χ0n) is 13.3. The molecule has 2 N–H and O–H groups in total. The first-order valence-corrected chi connectivity index (χ1v) is 8.53. The van der Waals surface area contributed by atoms with Crippen molar-refractivity contribution in [2.24, 2.45) is 0 Å². The Labute approximate surface area is 144 Å². The van der Waals surface area contributed by atoms with Gasteiger partial charge in [0, 0.05) is 30.0 Å². The molecular formula is C18H18N4OS. The monoisotopic (exact) mass is 338 g/mol. The van der Waals surface area contributed by atoms with Gasteiger partial charge in [0.25, 0.3) is 0 Å². The Morgan fingerprint density at radius 3 is 2.67 bits per heavy atom. The molecule has 0 aliphatic rings. The van der Waals surface area contributed by atoms with E-state index in [0.717, 1.165) is 16.7 Å². The Morgan fingerprint density at radius 1 is 1.17 bits per heavy atom. The van der Waals surface area contributed by atoms with Crippen molar-refractivity contribution in [2.45, 2.75) is 13.0 Å². The summed E-state index contributed by atoms with van der Waals surface area (Å²) in [6, 6.07) is 12.3. The normalized spacial score (nSPS) is 11.9. The van der Waals surface area contributed by atoms with E-state index in [4.69, 9.17) is 0 Å². The third-order valence-electron chi connectivity index (χ3n) is 3.65. The van der Waals surface area contributed by atoms with Crippen LogP contribution in [0.1, 0.15) is 18.5 Å². The molecule has 24 heavy (non-hydrogen) atoms. The van der Waals surface area contributed by atoms with Gasteiger partial charge in [-0.3, -0.25) is 9.78 Å². The Bertz CT molecular complexity index is 773. The van der Waals surface area contributed by atoms with Crippen LogP contribution in [-0.4, -0.2) is 22.4 Å². The second-order valence-electron chi connectivity index (χ2n) is 5.35. The molecule has 122 valence electrons. The molecule has 0 aliphatic heterocycles. The summed E-state index contributed by atoms with van der Waals surface area (Å²) in [6.07, 6.45) is 5.28. The Morgan fingerprint density at radius 2 is 2.00 bits per heavy atom. The maximum Gasteiger partial charge on any atom is 0.240 e. The summed E-state index contributed by atoms with van der Waals surface area (Å²) in [4.78, 5) is 20.0. The molecule has 0 bridgehead atoms. The van der Waals surface area contributed by atoms with E-state index in [1.165, 1.54) is 11.3 Å². The van der Waals surface area contributed by atoms with Gasteiger partial charge >= 0.3 is 0 Å². The molecule has 3 rings (SSSR count). The topological polar surface area (TPSA) is 66.9 Å². The molecule has 2 heterocycles. The molecule has 0 saturated heterocycles. The minimum Gasteiger partial charge on any atom is -0.302 e. The second-order valence-corrected chi connectivity index (χ2v) is 6.25. The van der Waals surface area contributed by atoms with Crippen molar-refractivity contribution in [1.82, 2.24) is 15.3 Å². The molecular weight excluding hydrogens is 320 g/mol. The fourth-order valence-electron chi connectivity index (χ4n) is 2.31. The second kappa shape index (κ2) is 7.81. The summed E-state index contributed by atoms with van der Waals surface area (Å²) >= 11 is 1.41. The SMILES string of the molecule is CC(NCC(=O)Nc1nccs1)c1ccc(-c2cccnc2)cc1. The van der Waals surface area contributed by atoms with E-state index in [-0.39, 0.29) is 18.5 Å². The third-order valence-corrected chi connectivity index (χ3v) is 4.34. The summed E-state index contributed by atoms with van der Waals surface area (Å²) < 4.78 is 0. The van der Waals surface area contributed by atoms with Crippen molar-refractivity contribution >= 4 is 22.4 Å². The van der Waals surface area contributed by atoms with Crippen LogP contribution in [0.4, 0.5) is 5.13 Å². The quantitative estimate of drug-likeness (QED) is 0.722. The standard InChI is InChI=1S/C18H18N4OS/c1-13(21-12-17(23)22-18-20-9-10-24-18)14-4-6-15(7-5-14)16-3-2-8-19-11-16/h2-11,13,21H,12H2,1H3,(H,20,22,23). The first kappa shape index (κ1) is 16.3. The molecule has 5 nitrogen and oxygen atoms in total. The lowest BCUT2D eigenvalue weighted by atomic mass is 10.0. The fraction of sp³-hybridized carbons (Fsp3) is 0.167. The van der Waals surface area contributed by atoms with E-state index in [1.54, 1.807) is 12.4 Å². The van der Waals surface area contributed by atoms with E-state index >= 15 is 0 Å². The van der Waals surface area contributed by atoms with E-state index in [9.17, 15) is 4.79 Å². The number of carbonyl (C=O) groups is 1. The van der Waals surface area contributed by atoms with Gasteiger partial charge < -0.3 is 10.6 Å². The van der Waals surface area contributed by atoms with Crippen molar-refractivity contribution in [2.75, 3.05) is 11.9 Å². The minimum atomic E-state index is -0.0937. The van der Waals surface area contributed by atoms with E-state index in [0.29, 0.717) is 5.13 Å². The Hall–Kier alpha value is -2.57. The summed E-state index contributed by atoms with van der Waals surface area (Å²) in [7, 11) is 0. The van der Waals surface area contributed by atoms with Gasteiger partial charge in [-0.25, -0.2) is 4.98 Å². The van der Waals surface area contributed by atoms with Crippen LogP contribution in [-0.2, 0) is 4.79 Å². The number of benzene rings is 1. The van der Waals surface area contributed by atoms with Crippen LogP contribution in [0.2, 0.25) is 0 Å². The molecule has 1 unspecified atom stereocenters. The highest BCUT2D eigenvalue weighted by Crippen LogP contribution is 2.21. The summed E-state index contributed by atoms with van der Waals surface area (Å²) in [6.45, 7) is 2.28. The molecule has 0 saturated carbocycles. The highest BCUT2D eigenvalue weighted by molar-refractivity contribution is 7.13. The van der Waals surface area contributed by atoms with Crippen molar-refractivity contribution < 1.29 is 4.79 Å². The van der Waals surface area contributed by atoms with Crippen molar-refractivity contribution in [3.8, 4) is 11.1 Å². The molecule has 0 radical (unpaired) electrons. The van der Waals surface area contributed by atoms with Gasteiger partial charge in [0.2, 0.25) is 5.91 Å². The molecule has 0 spiro atoms. The van der Waals surface area contributed by atoms with Gasteiger partial charge in [0.15, 0.2) is 5.13 Å². The number of aromatic nitrogens is 2. The molecule has 1 amide bonds. The van der Waals surface area contributed by atoms with Gasteiger partial charge in [-0.15, -0.1) is 11.3 Å². The number of carbonyl (C=O) groups excluding carboxylic acids is 1. The Balaban J connectivity index is 1.55. The average molecular weight is 338 g/mol. The van der Waals surface area contributed by atoms with Crippen molar-refractivity contribution in [3.05, 3.63) is 65.9 Å². The molecule has 0 fully saturated rings. The number of rotatable bonds is 6. The molecule has 1 aromatic carbocycles. The summed E-state index contributed by atoms with van der Waals surface area (Å²) in [5.74, 6) is -0.0937. The third kappa shape index (κ3) is 4.24. The fourth-order valence-corrected chi connectivity index (χ4v) is 2.86. The zero-order chi connectivity index (χ0) is 16.8. The van der Waals surface area contributed by atoms with Crippen LogP contribution in [0.15, 0.2) is 60.4 Å². The van der Waals surface area contributed by atoms with Gasteiger partial charge in [-0.2, -0.15) is 0 Å². The largest absolute Gasteiger partial charge is 0.302 e. The molecule has 0 aliphatic carbocycles. The van der Waals surface area contributed by atoms with Gasteiger partial charge in [0.05, 0.1) is 6.54 Å². The van der Waals surface area contributed by atoms with E-state index in [2.05, 4.69) is 44.9 Å². The zero-order valence-corrected chi connectivity index (χ0v) is 14.1. The number of nitrogens with one attached hydrogen (secondary N) is 2. The number of amides is 1. The molecule has 2 aromatic heterocycles. The number of hydrogen-bond acceptors (Lipinski definition) is 5. The number of hydrogen-bond donors (Lipinski definition) is 2. The lowest BCUT2D eigenvalue weighted by molar-refractivity contribution is -0.115. The highest BCUT2D eigenvalue weighted by atomic mass is 32.1. The predicted molar refractivity (Wildman–Crippen MR) is 96.8 cm³/mol. The van der Waals surface area contributed by atoms with Crippen LogP contribution in [0.5, 0.6) is 0 Å². The molecule has 1 atom stereocenters. The van der Waals surface area contributed by atoms with Crippen LogP contribution >= 0.6 is 11.3 Å². The maximum atomic E-state index is 11.9. The van der Waals surface area contributed by atoms with E-state index in [1.807, 2.05) is 30.6 Å².